The van der Waals surface area contributed by atoms with Crippen molar-refractivity contribution in [2.75, 3.05) is 12.4 Å². The van der Waals surface area contributed by atoms with E-state index < -0.39 is 21.7 Å². The average Bonchev–Trinajstić information content (AvgIpc) is 3.16. The Hall–Kier alpha value is -2.16. The van der Waals surface area contributed by atoms with Gasteiger partial charge in [0.2, 0.25) is 10.0 Å². The second-order valence-corrected chi connectivity index (χ2v) is 8.64. The molecule has 2 aromatic carbocycles. The van der Waals surface area contributed by atoms with Crippen molar-refractivity contribution < 1.29 is 22.3 Å². The van der Waals surface area contributed by atoms with E-state index >= 15 is 0 Å². The third-order valence-corrected chi connectivity index (χ3v) is 6.42. The number of anilines is 1. The molecule has 0 spiro atoms. The molecule has 6 nitrogen and oxygen atoms in total. The second kappa shape index (κ2) is 8.46. The molecule has 0 aliphatic heterocycles. The van der Waals surface area contributed by atoms with Crippen LogP contribution in [0.3, 0.4) is 0 Å². The zero-order valence-corrected chi connectivity index (χ0v) is 16.7. The molecule has 0 aromatic heterocycles. The van der Waals surface area contributed by atoms with Gasteiger partial charge >= 0.3 is 0 Å². The van der Waals surface area contributed by atoms with E-state index in [0.29, 0.717) is 0 Å². The number of carbonyl (C=O) groups excluding carboxylic acids is 1. The van der Waals surface area contributed by atoms with E-state index in [4.69, 9.17) is 16.3 Å². The van der Waals surface area contributed by atoms with Gasteiger partial charge in [-0.2, -0.15) is 0 Å². The average molecular weight is 427 g/mol. The lowest BCUT2D eigenvalue weighted by Gasteiger charge is -2.16. The summed E-state index contributed by atoms with van der Waals surface area (Å²) in [6.45, 7) is 0. The fraction of sp³-hybridized carbons (Fsp3) is 0.316. The van der Waals surface area contributed by atoms with Gasteiger partial charge in [0, 0.05) is 17.3 Å². The van der Waals surface area contributed by atoms with Gasteiger partial charge in [-0.15, -0.1) is 0 Å². The van der Waals surface area contributed by atoms with Gasteiger partial charge in [-0.3, -0.25) is 4.79 Å². The van der Waals surface area contributed by atoms with Crippen LogP contribution in [0.4, 0.5) is 10.1 Å². The fourth-order valence-electron chi connectivity index (χ4n) is 3.13. The number of methoxy groups -OCH3 is 1. The molecule has 0 unspecified atom stereocenters. The van der Waals surface area contributed by atoms with Crippen molar-refractivity contribution in [3.8, 4) is 5.75 Å². The number of benzene rings is 2. The zero-order valence-electron chi connectivity index (χ0n) is 15.2. The predicted molar refractivity (Wildman–Crippen MR) is 105 cm³/mol. The highest BCUT2D eigenvalue weighted by Crippen LogP contribution is 2.28. The van der Waals surface area contributed by atoms with E-state index in [1.165, 1.54) is 37.4 Å². The second-order valence-electron chi connectivity index (χ2n) is 6.55. The molecule has 2 N–H and O–H groups in total. The van der Waals surface area contributed by atoms with Crippen LogP contribution in [-0.4, -0.2) is 27.5 Å². The summed E-state index contributed by atoms with van der Waals surface area (Å²) >= 11 is 5.63. The maximum Gasteiger partial charge on any atom is 0.255 e. The molecule has 1 saturated carbocycles. The highest BCUT2D eigenvalue weighted by atomic mass is 35.5. The van der Waals surface area contributed by atoms with Crippen LogP contribution in [0.1, 0.15) is 36.0 Å². The van der Waals surface area contributed by atoms with E-state index in [-0.39, 0.29) is 33.0 Å². The Morgan fingerprint density at radius 2 is 1.89 bits per heavy atom. The quantitative estimate of drug-likeness (QED) is 0.732. The number of hydrogen-bond acceptors (Lipinski definition) is 4. The number of halogens is 2. The molecule has 1 aliphatic carbocycles. The normalized spacial score (nSPS) is 14.8. The smallest absolute Gasteiger partial charge is 0.255 e. The van der Waals surface area contributed by atoms with Gasteiger partial charge in [0.05, 0.1) is 12.1 Å². The number of carbonyl (C=O) groups is 1. The third kappa shape index (κ3) is 4.63. The Bertz CT molecular complexity index is 991. The first kappa shape index (κ1) is 20.6. The van der Waals surface area contributed by atoms with Gasteiger partial charge in [-0.25, -0.2) is 17.5 Å². The maximum atomic E-state index is 13.6. The Morgan fingerprint density at radius 1 is 1.18 bits per heavy atom. The first-order chi connectivity index (χ1) is 13.3. The van der Waals surface area contributed by atoms with Gasteiger partial charge in [-0.1, -0.05) is 24.4 Å². The van der Waals surface area contributed by atoms with E-state index in [0.717, 1.165) is 31.7 Å². The first-order valence-corrected chi connectivity index (χ1v) is 10.6. The number of rotatable bonds is 6. The van der Waals surface area contributed by atoms with Crippen molar-refractivity contribution in [3.63, 3.8) is 0 Å². The van der Waals surface area contributed by atoms with Crippen LogP contribution in [0.2, 0.25) is 5.02 Å². The van der Waals surface area contributed by atoms with Crippen LogP contribution in [-0.2, 0) is 10.0 Å². The first-order valence-electron chi connectivity index (χ1n) is 8.77. The highest BCUT2D eigenvalue weighted by molar-refractivity contribution is 7.89. The molecule has 0 radical (unpaired) electrons. The summed E-state index contributed by atoms with van der Waals surface area (Å²) in [5.41, 5.74) is 0.305. The number of hydrogen-bond donors (Lipinski definition) is 2. The molecule has 3 rings (SSSR count). The largest absolute Gasteiger partial charge is 0.495 e. The van der Waals surface area contributed by atoms with Crippen LogP contribution in [0.15, 0.2) is 41.3 Å². The van der Waals surface area contributed by atoms with Crippen molar-refractivity contribution >= 4 is 33.2 Å². The Morgan fingerprint density at radius 3 is 2.54 bits per heavy atom. The van der Waals surface area contributed by atoms with Crippen LogP contribution in [0.5, 0.6) is 5.75 Å². The molecular formula is C19H20ClFN2O4S. The number of sulfonamides is 1. The molecule has 1 amide bonds. The molecule has 1 aliphatic rings. The molecule has 0 bridgehead atoms. The molecule has 0 atom stereocenters. The maximum absolute atomic E-state index is 13.6. The van der Waals surface area contributed by atoms with Crippen LogP contribution >= 0.6 is 11.6 Å². The zero-order chi connectivity index (χ0) is 20.3. The van der Waals surface area contributed by atoms with Crippen molar-refractivity contribution in [2.24, 2.45) is 0 Å². The lowest BCUT2D eigenvalue weighted by molar-refractivity contribution is 0.102. The molecule has 1 fully saturated rings. The lowest BCUT2D eigenvalue weighted by Crippen LogP contribution is -2.33. The number of nitrogens with one attached hydrogen (secondary N) is 2. The summed E-state index contributed by atoms with van der Waals surface area (Å²) in [5.74, 6) is -1.11. The standard InChI is InChI=1S/C19H20ClFN2O4S/c1-27-17-9-6-12(19(24)22-14-7-8-15(20)16(21)11-14)10-18(17)28(25,26)23-13-4-2-3-5-13/h6-11,13,23H,2-5H2,1H3,(H,22,24). The summed E-state index contributed by atoms with van der Waals surface area (Å²) in [6, 6.07) is 7.84. The van der Waals surface area contributed by atoms with Gasteiger partial charge in [0.1, 0.15) is 16.5 Å². The molecule has 2 aromatic rings. The molecular weight excluding hydrogens is 407 g/mol. The summed E-state index contributed by atoms with van der Waals surface area (Å²) in [7, 11) is -2.50. The topological polar surface area (TPSA) is 84.5 Å². The highest BCUT2D eigenvalue weighted by Gasteiger charge is 2.26. The monoisotopic (exact) mass is 426 g/mol. The summed E-state index contributed by atoms with van der Waals surface area (Å²) in [4.78, 5) is 12.4. The van der Waals surface area contributed by atoms with Crippen molar-refractivity contribution in [1.29, 1.82) is 0 Å². The van der Waals surface area contributed by atoms with Gasteiger partial charge < -0.3 is 10.1 Å². The fourth-order valence-corrected chi connectivity index (χ4v) is 4.75. The molecule has 0 heterocycles. The lowest BCUT2D eigenvalue weighted by atomic mass is 10.2. The minimum Gasteiger partial charge on any atom is -0.495 e. The predicted octanol–water partition coefficient (Wildman–Crippen LogP) is 3.96. The van der Waals surface area contributed by atoms with Gasteiger partial charge in [0.15, 0.2) is 0 Å². The van der Waals surface area contributed by atoms with E-state index in [9.17, 15) is 17.6 Å². The Balaban J connectivity index is 1.86. The summed E-state index contributed by atoms with van der Waals surface area (Å²) < 4.78 is 47.0. The Kier molecular flexibility index (Phi) is 6.22. The van der Waals surface area contributed by atoms with E-state index in [1.807, 2.05) is 0 Å². The third-order valence-electron chi connectivity index (χ3n) is 4.57. The molecule has 0 saturated heterocycles. The minimum atomic E-state index is -3.86. The Labute approximate surface area is 168 Å². The van der Waals surface area contributed by atoms with Crippen LogP contribution in [0, 0.1) is 5.82 Å². The number of ether oxygens (including phenoxy) is 1. The van der Waals surface area contributed by atoms with E-state index in [1.54, 1.807) is 0 Å². The molecule has 150 valence electrons. The summed E-state index contributed by atoms with van der Waals surface area (Å²) in [5, 5.41) is 2.46. The molecule has 9 heteroatoms. The van der Waals surface area contributed by atoms with E-state index in [2.05, 4.69) is 10.0 Å². The summed E-state index contributed by atoms with van der Waals surface area (Å²) in [6.07, 6.45) is 3.52. The van der Waals surface area contributed by atoms with Crippen molar-refractivity contribution in [1.82, 2.24) is 4.72 Å². The van der Waals surface area contributed by atoms with Crippen LogP contribution in [0.25, 0.3) is 0 Å². The molecule has 28 heavy (non-hydrogen) atoms. The van der Waals surface area contributed by atoms with Crippen LogP contribution < -0.4 is 14.8 Å². The van der Waals surface area contributed by atoms with Crippen molar-refractivity contribution in [3.05, 3.63) is 52.8 Å². The van der Waals surface area contributed by atoms with Crippen molar-refractivity contribution in [2.45, 2.75) is 36.6 Å². The number of amides is 1. The van der Waals surface area contributed by atoms with Gasteiger partial charge in [-0.05, 0) is 49.2 Å². The van der Waals surface area contributed by atoms with Gasteiger partial charge in [0.25, 0.3) is 5.91 Å². The minimum absolute atomic E-state index is 0.0613. The SMILES string of the molecule is COc1ccc(C(=O)Nc2ccc(Cl)c(F)c2)cc1S(=O)(=O)NC1CCCC1.